The molecule has 2 aromatic heterocycles. The lowest BCUT2D eigenvalue weighted by Crippen LogP contribution is -2.05. The van der Waals surface area contributed by atoms with Gasteiger partial charge in [0.05, 0.1) is 19.7 Å². The fourth-order valence-electron chi connectivity index (χ4n) is 1.28. The van der Waals surface area contributed by atoms with Crippen LogP contribution in [0.2, 0.25) is 0 Å². The SMILES string of the molecule is Cc1ccoc1C(=O)Cc1nnn(C)n1. The van der Waals surface area contributed by atoms with Crippen molar-refractivity contribution in [1.82, 2.24) is 20.2 Å². The largest absolute Gasteiger partial charge is 0.461 e. The average molecular weight is 206 g/mol. The molecule has 2 aromatic rings. The molecule has 0 N–H and O–H groups in total. The van der Waals surface area contributed by atoms with Gasteiger partial charge in [0.25, 0.3) is 0 Å². The van der Waals surface area contributed by atoms with E-state index in [2.05, 4.69) is 15.4 Å². The van der Waals surface area contributed by atoms with Crippen molar-refractivity contribution in [1.29, 1.82) is 0 Å². The molecule has 6 nitrogen and oxygen atoms in total. The van der Waals surface area contributed by atoms with Gasteiger partial charge < -0.3 is 4.42 Å². The van der Waals surface area contributed by atoms with Gasteiger partial charge in [-0.15, -0.1) is 10.2 Å². The molecule has 0 aliphatic heterocycles. The van der Waals surface area contributed by atoms with E-state index in [4.69, 9.17) is 4.42 Å². The van der Waals surface area contributed by atoms with Crippen molar-refractivity contribution in [2.24, 2.45) is 7.05 Å². The Labute approximate surface area is 85.9 Å². The molecule has 0 fully saturated rings. The van der Waals surface area contributed by atoms with Gasteiger partial charge in [-0.1, -0.05) is 0 Å². The topological polar surface area (TPSA) is 73.8 Å². The van der Waals surface area contributed by atoms with Gasteiger partial charge >= 0.3 is 0 Å². The van der Waals surface area contributed by atoms with Crippen LogP contribution in [0.4, 0.5) is 0 Å². The number of Topliss-reactive ketones (excluding diaryl/α,β-unsaturated/α-hetero) is 1. The number of aromatic nitrogens is 4. The maximum absolute atomic E-state index is 11.7. The molecule has 15 heavy (non-hydrogen) atoms. The fraction of sp³-hybridized carbons (Fsp3) is 0.333. The number of hydrogen-bond acceptors (Lipinski definition) is 5. The standard InChI is InChI=1S/C9H10N4O2/c1-6-3-4-15-9(6)7(14)5-8-10-12-13(2)11-8/h3-4H,5H2,1-2H3. The molecule has 0 bridgehead atoms. The maximum atomic E-state index is 11.7. The first-order valence-corrected chi connectivity index (χ1v) is 4.47. The lowest BCUT2D eigenvalue weighted by molar-refractivity contribution is 0.0963. The number of carbonyl (C=O) groups excluding carboxylic acids is 1. The molecule has 0 saturated heterocycles. The number of tetrazole rings is 1. The third kappa shape index (κ3) is 1.93. The summed E-state index contributed by atoms with van der Waals surface area (Å²) < 4.78 is 5.07. The third-order valence-corrected chi connectivity index (χ3v) is 1.98. The minimum Gasteiger partial charge on any atom is -0.461 e. The number of ketones is 1. The number of furan rings is 1. The van der Waals surface area contributed by atoms with Crippen LogP contribution >= 0.6 is 0 Å². The summed E-state index contributed by atoms with van der Waals surface area (Å²) in [4.78, 5) is 13.0. The average Bonchev–Trinajstić information content (AvgIpc) is 2.75. The van der Waals surface area contributed by atoms with E-state index in [0.717, 1.165) is 5.56 Å². The van der Waals surface area contributed by atoms with Gasteiger partial charge in [0.1, 0.15) is 0 Å². The molecule has 6 heteroatoms. The van der Waals surface area contributed by atoms with Crippen molar-refractivity contribution < 1.29 is 9.21 Å². The predicted molar refractivity (Wildman–Crippen MR) is 50.3 cm³/mol. The Balaban J connectivity index is 2.14. The van der Waals surface area contributed by atoms with Crippen LogP contribution in [0.15, 0.2) is 16.7 Å². The van der Waals surface area contributed by atoms with Crippen LogP contribution in [0.1, 0.15) is 21.9 Å². The summed E-state index contributed by atoms with van der Waals surface area (Å²) in [5, 5.41) is 11.3. The molecule has 2 rings (SSSR count). The number of aryl methyl sites for hydroxylation is 2. The molecule has 2 heterocycles. The molecular formula is C9H10N4O2. The van der Waals surface area contributed by atoms with E-state index in [0.29, 0.717) is 11.6 Å². The number of rotatable bonds is 3. The van der Waals surface area contributed by atoms with Crippen LogP contribution in [0.25, 0.3) is 0 Å². The first kappa shape index (κ1) is 9.57. The molecule has 0 unspecified atom stereocenters. The van der Waals surface area contributed by atoms with Gasteiger partial charge in [0.2, 0.25) is 5.78 Å². The Morgan fingerprint density at radius 2 is 2.40 bits per heavy atom. The Morgan fingerprint density at radius 1 is 1.60 bits per heavy atom. The van der Waals surface area contributed by atoms with Crippen molar-refractivity contribution in [2.75, 3.05) is 0 Å². The highest BCUT2D eigenvalue weighted by Crippen LogP contribution is 2.11. The zero-order valence-electron chi connectivity index (χ0n) is 8.47. The van der Waals surface area contributed by atoms with Crippen LogP contribution in [-0.2, 0) is 13.5 Å². The monoisotopic (exact) mass is 206 g/mol. The van der Waals surface area contributed by atoms with Gasteiger partial charge in [-0.05, 0) is 23.8 Å². The molecule has 0 saturated carbocycles. The van der Waals surface area contributed by atoms with Crippen molar-refractivity contribution in [2.45, 2.75) is 13.3 Å². The van der Waals surface area contributed by atoms with Crippen molar-refractivity contribution in [3.63, 3.8) is 0 Å². The molecule has 0 aromatic carbocycles. The van der Waals surface area contributed by atoms with Gasteiger partial charge in [0.15, 0.2) is 11.6 Å². The summed E-state index contributed by atoms with van der Waals surface area (Å²) in [6.45, 7) is 1.82. The summed E-state index contributed by atoms with van der Waals surface area (Å²) in [5.74, 6) is 0.631. The van der Waals surface area contributed by atoms with Crippen LogP contribution in [0.3, 0.4) is 0 Å². The summed E-state index contributed by atoms with van der Waals surface area (Å²) >= 11 is 0. The quantitative estimate of drug-likeness (QED) is 0.685. The Bertz CT molecular complexity index is 486. The third-order valence-electron chi connectivity index (χ3n) is 1.98. The molecule has 0 atom stereocenters. The molecule has 0 aliphatic carbocycles. The summed E-state index contributed by atoms with van der Waals surface area (Å²) in [5.41, 5.74) is 0.823. The van der Waals surface area contributed by atoms with E-state index in [1.54, 1.807) is 13.1 Å². The minimum absolute atomic E-state index is 0.113. The second kappa shape index (κ2) is 3.64. The van der Waals surface area contributed by atoms with Crippen LogP contribution in [0, 0.1) is 6.92 Å². The highest BCUT2D eigenvalue weighted by Gasteiger charge is 2.15. The Hall–Kier alpha value is -1.98. The maximum Gasteiger partial charge on any atom is 0.205 e. The van der Waals surface area contributed by atoms with E-state index in [9.17, 15) is 4.79 Å². The number of carbonyl (C=O) groups is 1. The van der Waals surface area contributed by atoms with Crippen molar-refractivity contribution >= 4 is 5.78 Å². The summed E-state index contributed by atoms with van der Waals surface area (Å²) in [7, 11) is 1.65. The second-order valence-corrected chi connectivity index (χ2v) is 3.23. The van der Waals surface area contributed by atoms with Crippen molar-refractivity contribution in [3.05, 3.63) is 29.5 Å². The lowest BCUT2D eigenvalue weighted by atomic mass is 10.1. The van der Waals surface area contributed by atoms with Gasteiger partial charge in [-0.2, -0.15) is 4.80 Å². The first-order chi connectivity index (χ1) is 7.16. The zero-order valence-corrected chi connectivity index (χ0v) is 8.47. The normalized spacial score (nSPS) is 10.5. The van der Waals surface area contributed by atoms with Crippen LogP contribution < -0.4 is 0 Å². The molecular weight excluding hydrogens is 196 g/mol. The minimum atomic E-state index is -0.134. The smallest absolute Gasteiger partial charge is 0.205 e. The summed E-state index contributed by atoms with van der Waals surface area (Å²) in [6, 6.07) is 1.75. The molecule has 0 radical (unpaired) electrons. The number of nitrogens with zero attached hydrogens (tertiary/aromatic N) is 4. The van der Waals surface area contributed by atoms with Gasteiger partial charge in [0, 0.05) is 0 Å². The molecule has 0 aliphatic rings. The van der Waals surface area contributed by atoms with Crippen LogP contribution in [-0.4, -0.2) is 26.0 Å². The highest BCUT2D eigenvalue weighted by atomic mass is 16.3. The molecule has 78 valence electrons. The first-order valence-electron chi connectivity index (χ1n) is 4.47. The van der Waals surface area contributed by atoms with Gasteiger partial charge in [-0.3, -0.25) is 4.79 Å². The molecule has 0 spiro atoms. The summed E-state index contributed by atoms with van der Waals surface area (Å²) in [6.07, 6.45) is 1.61. The van der Waals surface area contributed by atoms with Crippen molar-refractivity contribution in [3.8, 4) is 0 Å². The Kier molecular flexibility index (Phi) is 2.32. The fourth-order valence-corrected chi connectivity index (χ4v) is 1.28. The predicted octanol–water partition coefficient (Wildman–Crippen LogP) is 0.537. The zero-order chi connectivity index (χ0) is 10.8. The van der Waals surface area contributed by atoms with E-state index >= 15 is 0 Å². The Morgan fingerprint density at radius 3 is 2.93 bits per heavy atom. The molecule has 0 amide bonds. The highest BCUT2D eigenvalue weighted by molar-refractivity contribution is 5.95. The second-order valence-electron chi connectivity index (χ2n) is 3.23. The van der Waals surface area contributed by atoms with E-state index < -0.39 is 0 Å². The number of hydrogen-bond donors (Lipinski definition) is 0. The van der Waals surface area contributed by atoms with E-state index in [-0.39, 0.29) is 12.2 Å². The van der Waals surface area contributed by atoms with Crippen LogP contribution in [0.5, 0.6) is 0 Å². The van der Waals surface area contributed by atoms with E-state index in [1.165, 1.54) is 11.1 Å². The lowest BCUT2D eigenvalue weighted by Gasteiger charge is -1.93. The van der Waals surface area contributed by atoms with E-state index in [1.807, 2.05) is 6.92 Å². The van der Waals surface area contributed by atoms with Gasteiger partial charge in [-0.25, -0.2) is 0 Å².